The van der Waals surface area contributed by atoms with E-state index in [4.69, 9.17) is 0 Å². The summed E-state index contributed by atoms with van der Waals surface area (Å²) >= 11 is 0. The van der Waals surface area contributed by atoms with E-state index in [0.29, 0.717) is 5.82 Å². The number of pyridine rings is 1. The minimum absolute atomic E-state index is 0.109. The van der Waals surface area contributed by atoms with Gasteiger partial charge in [0.15, 0.2) is 0 Å². The van der Waals surface area contributed by atoms with Crippen molar-refractivity contribution in [3.63, 3.8) is 0 Å². The van der Waals surface area contributed by atoms with E-state index < -0.39 is 0 Å². The molecule has 3 rings (SSSR count). The molecule has 98 valence electrons. The van der Waals surface area contributed by atoms with E-state index in [-0.39, 0.29) is 5.56 Å². The Morgan fingerprint density at radius 1 is 1.11 bits per heavy atom. The maximum atomic E-state index is 11.8. The smallest absolute Gasteiger partial charge is 0.253 e. The van der Waals surface area contributed by atoms with Crippen molar-refractivity contribution in [2.75, 3.05) is 18.0 Å². The SMILES string of the molecule is O=c1cc(N2CCCCC2)nc(-c2ccncc2)[nH]1. The molecule has 0 unspecified atom stereocenters. The van der Waals surface area contributed by atoms with Gasteiger partial charge in [0.1, 0.15) is 11.6 Å². The Morgan fingerprint density at radius 2 is 1.84 bits per heavy atom. The predicted octanol–water partition coefficient (Wildman–Crippen LogP) is 1.82. The predicted molar refractivity (Wildman–Crippen MR) is 74.2 cm³/mol. The molecule has 1 aliphatic rings. The van der Waals surface area contributed by atoms with Crippen LogP contribution in [0.1, 0.15) is 19.3 Å². The molecular formula is C14H16N4O. The first-order valence-electron chi connectivity index (χ1n) is 6.60. The summed E-state index contributed by atoms with van der Waals surface area (Å²) in [5.41, 5.74) is 0.772. The molecule has 0 amide bonds. The molecule has 0 spiro atoms. The highest BCUT2D eigenvalue weighted by Crippen LogP contribution is 2.19. The van der Waals surface area contributed by atoms with E-state index in [1.807, 2.05) is 12.1 Å². The molecule has 3 heterocycles. The van der Waals surface area contributed by atoms with E-state index >= 15 is 0 Å². The second kappa shape index (κ2) is 5.22. The molecule has 2 aromatic rings. The number of piperidine rings is 1. The molecule has 0 bridgehead atoms. The van der Waals surface area contributed by atoms with Gasteiger partial charge in [0.05, 0.1) is 0 Å². The molecule has 1 N–H and O–H groups in total. The highest BCUT2D eigenvalue weighted by molar-refractivity contribution is 5.56. The fraction of sp³-hybridized carbons (Fsp3) is 0.357. The van der Waals surface area contributed by atoms with Crippen molar-refractivity contribution in [3.8, 4) is 11.4 Å². The number of nitrogens with one attached hydrogen (secondary N) is 1. The van der Waals surface area contributed by atoms with Crippen LogP contribution in [0.25, 0.3) is 11.4 Å². The van der Waals surface area contributed by atoms with Gasteiger partial charge in [0, 0.05) is 37.1 Å². The molecule has 5 heteroatoms. The van der Waals surface area contributed by atoms with Gasteiger partial charge < -0.3 is 9.88 Å². The van der Waals surface area contributed by atoms with Crippen molar-refractivity contribution in [1.82, 2.24) is 15.0 Å². The highest BCUT2D eigenvalue weighted by Gasteiger charge is 2.14. The lowest BCUT2D eigenvalue weighted by molar-refractivity contribution is 0.573. The average Bonchev–Trinajstić information content (AvgIpc) is 2.48. The zero-order valence-corrected chi connectivity index (χ0v) is 10.7. The van der Waals surface area contributed by atoms with E-state index in [1.165, 1.54) is 19.3 Å². The first-order chi connectivity index (χ1) is 9.33. The lowest BCUT2D eigenvalue weighted by Gasteiger charge is -2.27. The van der Waals surface area contributed by atoms with Gasteiger partial charge in [-0.3, -0.25) is 9.78 Å². The Balaban J connectivity index is 1.98. The van der Waals surface area contributed by atoms with Crippen LogP contribution in [0.2, 0.25) is 0 Å². The van der Waals surface area contributed by atoms with Crippen LogP contribution in [0.3, 0.4) is 0 Å². The zero-order chi connectivity index (χ0) is 13.1. The van der Waals surface area contributed by atoms with E-state index in [0.717, 1.165) is 24.5 Å². The maximum absolute atomic E-state index is 11.8. The summed E-state index contributed by atoms with van der Waals surface area (Å²) in [6.07, 6.45) is 6.99. The van der Waals surface area contributed by atoms with Crippen LogP contribution in [0.5, 0.6) is 0 Å². The summed E-state index contributed by atoms with van der Waals surface area (Å²) < 4.78 is 0. The molecule has 0 aliphatic carbocycles. The van der Waals surface area contributed by atoms with E-state index in [1.54, 1.807) is 18.5 Å². The van der Waals surface area contributed by atoms with Gasteiger partial charge in [-0.2, -0.15) is 0 Å². The second-order valence-electron chi connectivity index (χ2n) is 4.74. The zero-order valence-electron chi connectivity index (χ0n) is 10.7. The molecule has 5 nitrogen and oxygen atoms in total. The molecular weight excluding hydrogens is 240 g/mol. The topological polar surface area (TPSA) is 61.9 Å². The summed E-state index contributed by atoms with van der Waals surface area (Å²) in [5.74, 6) is 1.38. The third kappa shape index (κ3) is 2.65. The van der Waals surface area contributed by atoms with E-state index in [9.17, 15) is 4.79 Å². The normalized spacial score (nSPS) is 15.5. The number of hydrogen-bond donors (Lipinski definition) is 1. The van der Waals surface area contributed by atoms with Crippen LogP contribution in [0.15, 0.2) is 35.4 Å². The van der Waals surface area contributed by atoms with Crippen LogP contribution in [0.4, 0.5) is 5.82 Å². The van der Waals surface area contributed by atoms with Gasteiger partial charge in [-0.25, -0.2) is 4.98 Å². The molecule has 0 atom stereocenters. The lowest BCUT2D eigenvalue weighted by atomic mass is 10.1. The van der Waals surface area contributed by atoms with Crippen molar-refractivity contribution >= 4 is 5.82 Å². The minimum Gasteiger partial charge on any atom is -0.356 e. The Morgan fingerprint density at radius 3 is 2.58 bits per heavy atom. The fourth-order valence-electron chi connectivity index (χ4n) is 2.38. The van der Waals surface area contributed by atoms with Crippen LogP contribution in [-0.4, -0.2) is 28.0 Å². The maximum Gasteiger partial charge on any atom is 0.253 e. The van der Waals surface area contributed by atoms with Gasteiger partial charge in [0.25, 0.3) is 5.56 Å². The Bertz CT molecular complexity index is 602. The first-order valence-corrected chi connectivity index (χ1v) is 6.60. The van der Waals surface area contributed by atoms with Crippen LogP contribution in [0, 0.1) is 0 Å². The molecule has 0 aromatic carbocycles. The Kier molecular flexibility index (Phi) is 3.27. The van der Waals surface area contributed by atoms with Gasteiger partial charge in [-0.1, -0.05) is 0 Å². The van der Waals surface area contributed by atoms with Crippen LogP contribution < -0.4 is 10.5 Å². The number of aromatic amines is 1. The first kappa shape index (κ1) is 11.9. The molecule has 0 radical (unpaired) electrons. The standard InChI is InChI=1S/C14H16N4O/c19-13-10-12(18-8-2-1-3-9-18)16-14(17-13)11-4-6-15-7-5-11/h4-7,10H,1-3,8-9H2,(H,16,17,19). The largest absolute Gasteiger partial charge is 0.356 e. The summed E-state index contributed by atoms with van der Waals surface area (Å²) in [6.45, 7) is 1.96. The fourth-order valence-corrected chi connectivity index (χ4v) is 2.38. The minimum atomic E-state index is -0.109. The molecule has 19 heavy (non-hydrogen) atoms. The van der Waals surface area contributed by atoms with Crippen molar-refractivity contribution in [1.29, 1.82) is 0 Å². The number of hydrogen-bond acceptors (Lipinski definition) is 4. The second-order valence-corrected chi connectivity index (χ2v) is 4.74. The highest BCUT2D eigenvalue weighted by atomic mass is 16.1. The average molecular weight is 256 g/mol. The third-order valence-electron chi connectivity index (χ3n) is 3.36. The quantitative estimate of drug-likeness (QED) is 0.890. The Labute approximate surface area is 111 Å². The molecule has 2 aromatic heterocycles. The van der Waals surface area contributed by atoms with Gasteiger partial charge in [-0.15, -0.1) is 0 Å². The van der Waals surface area contributed by atoms with Gasteiger partial charge >= 0.3 is 0 Å². The Hall–Kier alpha value is -2.17. The summed E-state index contributed by atoms with van der Waals surface area (Å²) in [5, 5.41) is 0. The van der Waals surface area contributed by atoms with Crippen molar-refractivity contribution in [2.24, 2.45) is 0 Å². The number of rotatable bonds is 2. The third-order valence-corrected chi connectivity index (χ3v) is 3.36. The molecule has 1 saturated heterocycles. The van der Waals surface area contributed by atoms with Gasteiger partial charge in [-0.05, 0) is 31.4 Å². The van der Waals surface area contributed by atoms with Crippen molar-refractivity contribution in [2.45, 2.75) is 19.3 Å². The summed E-state index contributed by atoms with van der Waals surface area (Å²) in [7, 11) is 0. The monoisotopic (exact) mass is 256 g/mol. The van der Waals surface area contributed by atoms with Crippen molar-refractivity contribution in [3.05, 3.63) is 40.9 Å². The van der Waals surface area contributed by atoms with Crippen LogP contribution in [-0.2, 0) is 0 Å². The molecule has 1 aliphatic heterocycles. The summed E-state index contributed by atoms with van der Waals surface area (Å²) in [6, 6.07) is 5.27. The van der Waals surface area contributed by atoms with Gasteiger partial charge in [0.2, 0.25) is 0 Å². The number of aromatic nitrogens is 3. The summed E-state index contributed by atoms with van der Waals surface area (Å²) in [4.78, 5) is 25.3. The lowest BCUT2D eigenvalue weighted by Crippen LogP contribution is -2.31. The molecule has 0 saturated carbocycles. The molecule has 1 fully saturated rings. The van der Waals surface area contributed by atoms with Crippen molar-refractivity contribution < 1.29 is 0 Å². The number of nitrogens with zero attached hydrogens (tertiary/aromatic N) is 3. The number of anilines is 1. The van der Waals surface area contributed by atoms with E-state index in [2.05, 4.69) is 19.9 Å². The number of H-pyrrole nitrogens is 1. The van der Waals surface area contributed by atoms with Crippen LogP contribution >= 0.6 is 0 Å².